The van der Waals surface area contributed by atoms with Gasteiger partial charge in [-0.1, -0.05) is 44.9 Å². The van der Waals surface area contributed by atoms with Crippen LogP contribution in [0.5, 0.6) is 5.75 Å². The van der Waals surface area contributed by atoms with Crippen molar-refractivity contribution in [2.75, 3.05) is 0 Å². The molecule has 0 fully saturated rings. The average Bonchev–Trinajstić information content (AvgIpc) is 3.15. The lowest BCUT2D eigenvalue weighted by molar-refractivity contribution is 0.0856. The van der Waals surface area contributed by atoms with Gasteiger partial charge in [-0.05, 0) is 56.2 Å². The number of nitrogens with one attached hydrogen (secondary N) is 1. The van der Waals surface area contributed by atoms with Crippen LogP contribution in [0.2, 0.25) is 5.02 Å². The zero-order valence-corrected chi connectivity index (χ0v) is 21.3. The molecule has 3 aromatic rings. The largest absolute Gasteiger partial charge is 0.460 e. The number of halogens is 2. The number of rotatable bonds is 8. The lowest BCUT2D eigenvalue weighted by Crippen LogP contribution is -2.24. The Labute approximate surface area is 205 Å². The highest BCUT2D eigenvalue weighted by molar-refractivity contribution is 6.30. The Bertz CT molecular complexity index is 1180. The zero-order chi connectivity index (χ0) is 25.3. The summed E-state index contributed by atoms with van der Waals surface area (Å²) in [6.45, 7) is 11.0. The van der Waals surface area contributed by atoms with Gasteiger partial charge in [0.2, 0.25) is 6.36 Å². The molecule has 1 amide bonds. The predicted octanol–water partition coefficient (Wildman–Crippen LogP) is 6.93. The molecule has 34 heavy (non-hydrogen) atoms. The molecule has 0 saturated carbocycles. The van der Waals surface area contributed by atoms with Crippen LogP contribution in [0.4, 0.5) is 4.39 Å². The Kier molecular flexibility index (Phi) is 10.3. The van der Waals surface area contributed by atoms with E-state index < -0.39 is 6.36 Å². The van der Waals surface area contributed by atoms with Crippen molar-refractivity contribution in [2.24, 2.45) is 0 Å². The summed E-state index contributed by atoms with van der Waals surface area (Å²) in [7, 11) is 0. The highest BCUT2D eigenvalue weighted by atomic mass is 35.5. The van der Waals surface area contributed by atoms with E-state index in [1.807, 2.05) is 33.8 Å². The smallest absolute Gasteiger partial charge is 0.261 e. The van der Waals surface area contributed by atoms with E-state index >= 15 is 0 Å². The summed E-state index contributed by atoms with van der Waals surface area (Å²) in [5, 5.41) is 7.86. The van der Waals surface area contributed by atoms with Crippen LogP contribution >= 0.6 is 11.6 Å². The van der Waals surface area contributed by atoms with E-state index in [1.54, 1.807) is 54.2 Å². The second-order valence-corrected chi connectivity index (χ2v) is 7.68. The zero-order valence-electron chi connectivity index (χ0n) is 20.5. The van der Waals surface area contributed by atoms with Crippen molar-refractivity contribution < 1.29 is 13.9 Å². The first-order valence-electron chi connectivity index (χ1n) is 11.4. The van der Waals surface area contributed by atoms with Crippen LogP contribution in [0.25, 0.3) is 11.2 Å². The summed E-state index contributed by atoms with van der Waals surface area (Å²) in [5.74, 6) is 0.0270. The van der Waals surface area contributed by atoms with Gasteiger partial charge in [0.25, 0.3) is 5.91 Å². The molecular formula is C26H32ClFN4O2. The van der Waals surface area contributed by atoms with Crippen molar-refractivity contribution in [2.45, 2.75) is 60.7 Å². The Hall–Kier alpha value is -3.19. The maximum Gasteiger partial charge on any atom is 0.261 e. The molecule has 2 heterocycles. The maximum absolute atomic E-state index is 13.7. The molecule has 3 rings (SSSR count). The SMILES string of the molecule is CC.CC=C/C(NC(=O)c1c(C)nn2cccnc12)=C(\CCC)c1cc(Cl)ccc1OC(C)F. The predicted molar refractivity (Wildman–Crippen MR) is 136 cm³/mol. The Morgan fingerprint density at radius 1 is 1.35 bits per heavy atom. The number of allylic oxidation sites excluding steroid dienone is 3. The average molecular weight is 487 g/mol. The fourth-order valence-corrected chi connectivity index (χ4v) is 3.68. The molecule has 8 heteroatoms. The molecule has 0 aliphatic heterocycles. The number of alkyl halides is 1. The fourth-order valence-electron chi connectivity index (χ4n) is 3.51. The van der Waals surface area contributed by atoms with Crippen LogP contribution in [0.1, 0.15) is 69.1 Å². The van der Waals surface area contributed by atoms with Crippen molar-refractivity contribution in [3.63, 3.8) is 0 Å². The van der Waals surface area contributed by atoms with Gasteiger partial charge in [0, 0.05) is 35.6 Å². The first-order valence-corrected chi connectivity index (χ1v) is 11.8. The van der Waals surface area contributed by atoms with E-state index in [0.29, 0.717) is 45.4 Å². The number of aryl methyl sites for hydroxylation is 1. The van der Waals surface area contributed by atoms with Gasteiger partial charge in [-0.25, -0.2) is 13.9 Å². The van der Waals surface area contributed by atoms with Crippen LogP contribution in [-0.2, 0) is 0 Å². The third-order valence-corrected chi connectivity index (χ3v) is 5.00. The molecule has 1 aromatic carbocycles. The van der Waals surface area contributed by atoms with Gasteiger partial charge < -0.3 is 10.1 Å². The van der Waals surface area contributed by atoms with Crippen LogP contribution in [0.15, 0.2) is 54.5 Å². The van der Waals surface area contributed by atoms with Crippen molar-refractivity contribution in [3.8, 4) is 5.75 Å². The van der Waals surface area contributed by atoms with E-state index in [0.717, 1.165) is 12.0 Å². The quantitative estimate of drug-likeness (QED) is 0.350. The number of nitrogens with zero attached hydrogens (tertiary/aromatic N) is 3. The lowest BCUT2D eigenvalue weighted by atomic mass is 9.97. The Morgan fingerprint density at radius 3 is 2.74 bits per heavy atom. The summed E-state index contributed by atoms with van der Waals surface area (Å²) in [5.41, 5.74) is 3.43. The summed E-state index contributed by atoms with van der Waals surface area (Å²) in [4.78, 5) is 17.6. The number of ether oxygens (including phenoxy) is 1. The normalized spacial score (nSPS) is 12.7. The third-order valence-electron chi connectivity index (χ3n) is 4.76. The number of amides is 1. The first kappa shape index (κ1) is 27.1. The van der Waals surface area contributed by atoms with Crippen LogP contribution in [-0.4, -0.2) is 26.9 Å². The van der Waals surface area contributed by atoms with Crippen molar-refractivity contribution in [1.82, 2.24) is 19.9 Å². The van der Waals surface area contributed by atoms with Gasteiger partial charge in [0.15, 0.2) is 5.65 Å². The van der Waals surface area contributed by atoms with Gasteiger partial charge in [-0.3, -0.25) is 4.79 Å². The summed E-state index contributed by atoms with van der Waals surface area (Å²) in [6, 6.07) is 6.76. The van der Waals surface area contributed by atoms with E-state index in [-0.39, 0.29) is 5.91 Å². The highest BCUT2D eigenvalue weighted by Crippen LogP contribution is 2.34. The second kappa shape index (κ2) is 12.9. The standard InChI is InChI=1S/C24H26ClFN4O2.C2H6/c1-5-8-18(19-14-17(25)10-11-21(19)32-16(4)26)20(9-6-2)28-24(31)22-15(3)29-30-13-7-12-27-23(22)30;1-2/h6-7,9-14,16H,5,8H2,1-4H3,(H,28,31);1-2H3/b9-6?,20-18-;. The lowest BCUT2D eigenvalue weighted by Gasteiger charge is -2.18. The molecule has 0 aliphatic rings. The molecule has 0 saturated heterocycles. The topological polar surface area (TPSA) is 68.5 Å². The molecule has 2 aromatic heterocycles. The summed E-state index contributed by atoms with van der Waals surface area (Å²) < 4.78 is 20.6. The minimum Gasteiger partial charge on any atom is -0.460 e. The molecule has 0 aliphatic carbocycles. The minimum atomic E-state index is -1.50. The summed E-state index contributed by atoms with van der Waals surface area (Å²) in [6.07, 6.45) is 6.90. The molecule has 0 spiro atoms. The second-order valence-electron chi connectivity index (χ2n) is 7.25. The molecule has 1 N–H and O–H groups in total. The molecule has 182 valence electrons. The number of aromatic nitrogens is 3. The van der Waals surface area contributed by atoms with E-state index in [1.165, 1.54) is 6.92 Å². The molecule has 1 unspecified atom stereocenters. The molecule has 0 bridgehead atoms. The highest BCUT2D eigenvalue weighted by Gasteiger charge is 2.21. The number of carbonyl (C=O) groups is 1. The van der Waals surface area contributed by atoms with Gasteiger partial charge in [0.1, 0.15) is 11.3 Å². The summed E-state index contributed by atoms with van der Waals surface area (Å²) >= 11 is 6.26. The van der Waals surface area contributed by atoms with Crippen LogP contribution < -0.4 is 10.1 Å². The van der Waals surface area contributed by atoms with E-state index in [9.17, 15) is 9.18 Å². The maximum atomic E-state index is 13.7. The number of benzene rings is 1. The Balaban J connectivity index is 0.00000199. The van der Waals surface area contributed by atoms with Crippen LogP contribution in [0, 0.1) is 6.92 Å². The molecule has 1 atom stereocenters. The van der Waals surface area contributed by atoms with Gasteiger partial charge in [-0.15, -0.1) is 0 Å². The van der Waals surface area contributed by atoms with Gasteiger partial charge >= 0.3 is 0 Å². The molecule has 0 radical (unpaired) electrons. The first-order chi connectivity index (χ1) is 16.3. The van der Waals surface area contributed by atoms with Crippen molar-refractivity contribution in [3.05, 3.63) is 76.4 Å². The van der Waals surface area contributed by atoms with Crippen molar-refractivity contribution >= 4 is 28.7 Å². The van der Waals surface area contributed by atoms with E-state index in [2.05, 4.69) is 15.4 Å². The van der Waals surface area contributed by atoms with Gasteiger partial charge in [0.05, 0.1) is 5.69 Å². The van der Waals surface area contributed by atoms with Gasteiger partial charge in [-0.2, -0.15) is 5.10 Å². The number of fused-ring (bicyclic) bond motifs is 1. The molecule has 6 nitrogen and oxygen atoms in total. The van der Waals surface area contributed by atoms with Crippen LogP contribution in [0.3, 0.4) is 0 Å². The monoisotopic (exact) mass is 486 g/mol. The number of hydrogen-bond donors (Lipinski definition) is 1. The number of carbonyl (C=O) groups excluding carboxylic acids is 1. The fraction of sp³-hybridized carbons (Fsp3) is 0.346. The van der Waals surface area contributed by atoms with E-state index in [4.69, 9.17) is 16.3 Å². The minimum absolute atomic E-state index is 0.332. The van der Waals surface area contributed by atoms with Crippen molar-refractivity contribution in [1.29, 1.82) is 0 Å². The third kappa shape index (κ3) is 6.44. The Morgan fingerprint density at radius 2 is 2.09 bits per heavy atom. The molecular weight excluding hydrogens is 455 g/mol. The number of hydrogen-bond acceptors (Lipinski definition) is 4.